The van der Waals surface area contributed by atoms with Gasteiger partial charge in [-0.15, -0.1) is 0 Å². The average molecular weight is 461 g/mol. The number of imidazole rings is 1. The van der Waals surface area contributed by atoms with E-state index in [9.17, 15) is 9.90 Å². The Balaban J connectivity index is 0.00000274. The predicted octanol–water partition coefficient (Wildman–Crippen LogP) is 4.72. The summed E-state index contributed by atoms with van der Waals surface area (Å²) in [4.78, 5) is 25.6. The first kappa shape index (κ1) is 23.9. The summed E-state index contributed by atoms with van der Waals surface area (Å²) in [7, 11) is 0. The second-order valence-corrected chi connectivity index (χ2v) is 7.78. The zero-order valence-electron chi connectivity index (χ0n) is 19.3. The molecule has 1 radical (unpaired) electrons. The minimum atomic E-state index is -0.968. The molecule has 0 bridgehead atoms. The number of hydrogen-bond donors (Lipinski definition) is 1. The Kier molecular flexibility index (Phi) is 6.97. The summed E-state index contributed by atoms with van der Waals surface area (Å²) >= 11 is 0. The molecule has 0 spiro atoms. The Morgan fingerprint density at radius 2 is 1.76 bits per heavy atom. The summed E-state index contributed by atoms with van der Waals surface area (Å²) in [6, 6.07) is 21.2. The van der Waals surface area contributed by atoms with Crippen molar-refractivity contribution in [3.63, 3.8) is 0 Å². The van der Waals surface area contributed by atoms with Gasteiger partial charge in [0.1, 0.15) is 5.52 Å². The summed E-state index contributed by atoms with van der Waals surface area (Å²) in [6.45, 7) is 4.97. The van der Waals surface area contributed by atoms with Gasteiger partial charge in [0.05, 0.1) is 29.9 Å². The number of fused-ring (bicyclic) bond motifs is 2. The van der Waals surface area contributed by atoms with Crippen LogP contribution in [0.4, 0.5) is 0 Å². The maximum atomic E-state index is 11.6. The molecule has 0 aliphatic carbocycles. The van der Waals surface area contributed by atoms with Gasteiger partial charge in [-0.1, -0.05) is 30.3 Å². The minimum absolute atomic E-state index is 0. The molecule has 0 atom stereocenters. The van der Waals surface area contributed by atoms with Crippen LogP contribution in [-0.4, -0.2) is 66.8 Å². The van der Waals surface area contributed by atoms with Gasteiger partial charge in [0, 0.05) is 46.2 Å². The molecule has 0 fully saturated rings. The van der Waals surface area contributed by atoms with E-state index >= 15 is 0 Å². The molecule has 0 aliphatic heterocycles. The van der Waals surface area contributed by atoms with E-state index in [-0.39, 0.29) is 35.1 Å². The van der Waals surface area contributed by atoms with Gasteiger partial charge in [-0.3, -0.25) is 4.57 Å². The van der Waals surface area contributed by atoms with Gasteiger partial charge in [-0.05, 0) is 55.8 Å². The standard InChI is InChI=1S/C26H22N4O3.Na/c1-3-33-26-29-23-11-8-16(2)27-24(23)30(26)15-17-9-12-21-18(14-17)10-13-22(28-21)19-6-4-5-7-20(19)25(31)32;/h4-14H,3,15H2,1-2H3,(H,31,32);. The normalized spacial score (nSPS) is 10.9. The molecular formula is C26H22N4NaO3. The number of carboxylic acids is 1. The number of carboxylic acid groups (broad SMARTS) is 1. The van der Waals surface area contributed by atoms with Crippen LogP contribution in [0.5, 0.6) is 6.01 Å². The summed E-state index contributed by atoms with van der Waals surface area (Å²) < 4.78 is 7.75. The number of aromatic carboxylic acids is 1. The molecule has 7 nitrogen and oxygen atoms in total. The maximum Gasteiger partial charge on any atom is 0.336 e. The van der Waals surface area contributed by atoms with Crippen LogP contribution in [0.25, 0.3) is 33.3 Å². The number of pyridine rings is 2. The molecule has 3 heterocycles. The first-order valence-corrected chi connectivity index (χ1v) is 10.7. The van der Waals surface area contributed by atoms with Crippen LogP contribution in [0.2, 0.25) is 0 Å². The first-order valence-electron chi connectivity index (χ1n) is 10.7. The number of carbonyl (C=O) groups is 1. The number of hydrogen-bond acceptors (Lipinski definition) is 5. The van der Waals surface area contributed by atoms with E-state index in [1.54, 1.807) is 18.2 Å². The molecule has 0 saturated heterocycles. The van der Waals surface area contributed by atoms with Crippen LogP contribution < -0.4 is 4.74 Å². The smallest absolute Gasteiger partial charge is 0.336 e. The Hall–Kier alpha value is -3.26. The topological polar surface area (TPSA) is 90.1 Å². The van der Waals surface area contributed by atoms with Crippen molar-refractivity contribution in [2.45, 2.75) is 20.4 Å². The van der Waals surface area contributed by atoms with Crippen molar-refractivity contribution in [3.05, 3.63) is 83.6 Å². The van der Waals surface area contributed by atoms with Gasteiger partial charge in [0.15, 0.2) is 5.65 Å². The molecule has 0 amide bonds. The fraction of sp³-hybridized carbons (Fsp3) is 0.154. The molecule has 34 heavy (non-hydrogen) atoms. The third-order valence-corrected chi connectivity index (χ3v) is 5.50. The molecule has 0 unspecified atom stereocenters. The molecule has 5 aromatic rings. The third kappa shape index (κ3) is 4.55. The van der Waals surface area contributed by atoms with Crippen molar-refractivity contribution in [3.8, 4) is 17.3 Å². The summed E-state index contributed by atoms with van der Waals surface area (Å²) in [6.07, 6.45) is 0. The quantitative estimate of drug-likeness (QED) is 0.368. The van der Waals surface area contributed by atoms with Crippen molar-refractivity contribution in [2.24, 2.45) is 0 Å². The van der Waals surface area contributed by atoms with Crippen LogP contribution in [0.1, 0.15) is 28.5 Å². The number of aromatic nitrogens is 4. The predicted molar refractivity (Wildman–Crippen MR) is 132 cm³/mol. The van der Waals surface area contributed by atoms with Crippen molar-refractivity contribution in [2.75, 3.05) is 6.61 Å². The van der Waals surface area contributed by atoms with E-state index < -0.39 is 5.97 Å². The van der Waals surface area contributed by atoms with Gasteiger partial charge in [-0.2, -0.15) is 4.98 Å². The number of rotatable bonds is 6. The molecule has 3 aromatic heterocycles. The Morgan fingerprint density at radius 1 is 0.971 bits per heavy atom. The average Bonchev–Trinajstić information content (AvgIpc) is 3.15. The van der Waals surface area contributed by atoms with Crippen LogP contribution in [0, 0.1) is 6.92 Å². The zero-order chi connectivity index (χ0) is 22.9. The fourth-order valence-corrected chi connectivity index (χ4v) is 3.96. The molecule has 165 valence electrons. The van der Waals surface area contributed by atoms with Gasteiger partial charge in [-0.25, -0.2) is 14.8 Å². The summed E-state index contributed by atoms with van der Waals surface area (Å²) in [5.41, 5.74) is 5.83. The van der Waals surface area contributed by atoms with E-state index in [2.05, 4.69) is 16.0 Å². The van der Waals surface area contributed by atoms with Gasteiger partial charge in [0.25, 0.3) is 6.01 Å². The van der Waals surface area contributed by atoms with Gasteiger partial charge in [0.2, 0.25) is 0 Å². The van der Waals surface area contributed by atoms with Crippen molar-refractivity contribution < 1.29 is 14.6 Å². The molecule has 8 heteroatoms. The maximum absolute atomic E-state index is 11.6. The Labute approximate surface area is 218 Å². The van der Waals surface area contributed by atoms with E-state index in [0.717, 1.165) is 33.3 Å². The number of ether oxygens (including phenoxy) is 1. The molecular weight excluding hydrogens is 439 g/mol. The van der Waals surface area contributed by atoms with Crippen LogP contribution in [0.3, 0.4) is 0 Å². The second-order valence-electron chi connectivity index (χ2n) is 7.78. The largest absolute Gasteiger partial charge is 0.478 e. The van der Waals surface area contributed by atoms with Gasteiger partial charge >= 0.3 is 5.97 Å². The minimum Gasteiger partial charge on any atom is -0.478 e. The van der Waals surface area contributed by atoms with Crippen molar-refractivity contribution in [1.29, 1.82) is 0 Å². The van der Waals surface area contributed by atoms with E-state index in [1.165, 1.54) is 0 Å². The van der Waals surface area contributed by atoms with Crippen LogP contribution >= 0.6 is 0 Å². The zero-order valence-corrected chi connectivity index (χ0v) is 21.3. The number of nitrogens with zero attached hydrogens (tertiary/aromatic N) is 4. The molecule has 5 rings (SSSR count). The summed E-state index contributed by atoms with van der Waals surface area (Å²) in [5.74, 6) is -0.968. The SMILES string of the molecule is CCOc1nc2ccc(C)nc2n1Cc1ccc2nc(-c3ccccc3C(=O)O)ccc2c1.[Na]. The molecule has 0 aliphatic rings. The Morgan fingerprint density at radius 3 is 2.56 bits per heavy atom. The molecule has 0 saturated carbocycles. The van der Waals surface area contributed by atoms with E-state index in [0.29, 0.717) is 30.4 Å². The molecule has 1 N–H and O–H groups in total. The van der Waals surface area contributed by atoms with E-state index in [4.69, 9.17) is 9.72 Å². The monoisotopic (exact) mass is 461 g/mol. The number of aryl methyl sites for hydroxylation is 1. The fourth-order valence-electron chi connectivity index (χ4n) is 3.96. The first-order chi connectivity index (χ1) is 16.0. The van der Waals surface area contributed by atoms with Crippen LogP contribution in [0.15, 0.2) is 66.7 Å². The van der Waals surface area contributed by atoms with Crippen molar-refractivity contribution >= 4 is 57.6 Å². The van der Waals surface area contributed by atoms with E-state index in [1.807, 2.05) is 60.9 Å². The second kappa shape index (κ2) is 9.93. The Bertz CT molecular complexity index is 1510. The summed E-state index contributed by atoms with van der Waals surface area (Å²) in [5, 5.41) is 10.5. The van der Waals surface area contributed by atoms with Gasteiger partial charge < -0.3 is 9.84 Å². The number of benzene rings is 2. The molecule has 2 aromatic carbocycles. The third-order valence-electron chi connectivity index (χ3n) is 5.50. The van der Waals surface area contributed by atoms with Crippen molar-refractivity contribution in [1.82, 2.24) is 19.5 Å². The van der Waals surface area contributed by atoms with Crippen LogP contribution in [-0.2, 0) is 6.54 Å².